The summed E-state index contributed by atoms with van der Waals surface area (Å²) in [6, 6.07) is 52.9. The van der Waals surface area contributed by atoms with E-state index in [-0.39, 0.29) is 0 Å². The second-order valence-electron chi connectivity index (χ2n) is 16.3. The van der Waals surface area contributed by atoms with Gasteiger partial charge in [0, 0.05) is 43.9 Å². The quantitative estimate of drug-likeness (QED) is 0.166. The van der Waals surface area contributed by atoms with Gasteiger partial charge in [0.15, 0.2) is 11.6 Å². The molecule has 62 heavy (non-hydrogen) atoms. The van der Waals surface area contributed by atoms with Crippen molar-refractivity contribution in [2.75, 3.05) is 0 Å². The summed E-state index contributed by atoms with van der Waals surface area (Å²) in [5, 5.41) is 4.87. The highest BCUT2D eigenvalue weighted by molar-refractivity contribution is 6.11. The number of fused-ring (bicyclic) bond motifs is 6. The van der Waals surface area contributed by atoms with E-state index in [0.717, 1.165) is 66.8 Å². The third-order valence-electron chi connectivity index (χ3n) is 11.8. The number of aromatic nitrogens is 8. The first-order valence-corrected chi connectivity index (χ1v) is 20.9. The van der Waals surface area contributed by atoms with E-state index in [1.54, 1.807) is 0 Å². The van der Waals surface area contributed by atoms with Crippen LogP contribution in [0.4, 0.5) is 0 Å². The lowest BCUT2D eigenvalue weighted by Crippen LogP contribution is -2.02. The maximum absolute atomic E-state index is 4.86. The number of benzene rings is 7. The van der Waals surface area contributed by atoms with Crippen molar-refractivity contribution in [3.8, 4) is 56.4 Å². The Balaban J connectivity index is 1.16. The molecule has 0 radical (unpaired) electrons. The lowest BCUT2D eigenvalue weighted by Gasteiger charge is -2.17. The highest BCUT2D eigenvalue weighted by Crippen LogP contribution is 2.41. The summed E-state index contributed by atoms with van der Waals surface area (Å²) in [6.45, 7) is 12.0. The van der Waals surface area contributed by atoms with E-state index in [1.807, 2.05) is 27.7 Å². The smallest absolute Gasteiger partial charge is 0.163 e. The minimum Gasteiger partial charge on any atom is -0.309 e. The molecule has 11 aromatic rings. The van der Waals surface area contributed by atoms with E-state index < -0.39 is 0 Å². The van der Waals surface area contributed by atoms with Gasteiger partial charge in [-0.25, -0.2) is 29.9 Å². The summed E-state index contributed by atoms with van der Waals surface area (Å²) in [5.74, 6) is 4.05. The van der Waals surface area contributed by atoms with Crippen LogP contribution in [0.25, 0.3) is 100 Å². The van der Waals surface area contributed by atoms with Gasteiger partial charge in [0.1, 0.15) is 23.3 Å². The molecule has 0 N–H and O–H groups in total. The zero-order valence-electron chi connectivity index (χ0n) is 35.4. The molecule has 8 heteroatoms. The van der Waals surface area contributed by atoms with Crippen LogP contribution in [0.3, 0.4) is 0 Å². The van der Waals surface area contributed by atoms with Gasteiger partial charge in [-0.05, 0) is 137 Å². The molecule has 11 rings (SSSR count). The molecule has 298 valence electrons. The Morgan fingerprint density at radius 1 is 0.323 bits per heavy atom. The van der Waals surface area contributed by atoms with Gasteiger partial charge < -0.3 is 9.13 Å². The van der Waals surface area contributed by atoms with Crippen LogP contribution in [0.5, 0.6) is 0 Å². The molecule has 8 nitrogen and oxygen atoms in total. The van der Waals surface area contributed by atoms with Gasteiger partial charge in [-0.15, -0.1) is 0 Å². The van der Waals surface area contributed by atoms with Crippen LogP contribution in [-0.4, -0.2) is 39.0 Å². The molecule has 0 unspecified atom stereocenters. The van der Waals surface area contributed by atoms with Crippen molar-refractivity contribution in [2.45, 2.75) is 41.5 Å². The summed E-state index contributed by atoms with van der Waals surface area (Å²) in [7, 11) is 0. The van der Waals surface area contributed by atoms with Crippen LogP contribution < -0.4 is 0 Å². The predicted octanol–water partition coefficient (Wildman–Crippen LogP) is 12.8. The minimum absolute atomic E-state index is 0.644. The molecule has 0 aliphatic heterocycles. The largest absolute Gasteiger partial charge is 0.309 e. The van der Waals surface area contributed by atoms with Crippen molar-refractivity contribution in [3.63, 3.8) is 0 Å². The average Bonchev–Trinajstić information content (AvgIpc) is 3.77. The molecule has 4 heterocycles. The lowest BCUT2D eigenvalue weighted by molar-refractivity contribution is 0.928. The second kappa shape index (κ2) is 14.4. The molecule has 0 amide bonds. The molecular formula is C54H42N8. The molecule has 0 fully saturated rings. The molecule has 0 saturated carbocycles. The number of aryl methyl sites for hydroxylation is 6. The standard InChI is InChI=1S/C54H42N8/c1-31-18-21-51-46(24-31)43-14-7-9-16-48(43)61(51)42-28-40(27-41(29-42)54-59-35(5)56-36(6)60-54)37-12-11-13-38(26-37)45-30-39(53-57-33(3)55-34(4)58-53)20-23-50(45)62-49-17-10-8-15-44(49)47-25-32(2)19-22-52(47)62/h7-30H,1-6H3. The molecule has 0 spiro atoms. The molecule has 0 aliphatic carbocycles. The SMILES string of the molecule is Cc1ccc2c(c1)c1ccccc1n2-c1cc(-c2cccc(-c3cc(-c4nc(C)nc(C)n4)ccc3-n3c4ccccc4c4cc(C)ccc43)c2)cc(-c2nc(C)nc(C)n2)c1. The maximum Gasteiger partial charge on any atom is 0.163 e. The van der Waals surface area contributed by atoms with Crippen LogP contribution in [0.2, 0.25) is 0 Å². The fourth-order valence-corrected chi connectivity index (χ4v) is 9.20. The van der Waals surface area contributed by atoms with Gasteiger partial charge in [0.2, 0.25) is 0 Å². The Bertz CT molecular complexity index is 3570. The summed E-state index contributed by atoms with van der Waals surface area (Å²) in [6.07, 6.45) is 0. The average molecular weight is 803 g/mol. The number of nitrogens with zero attached hydrogens (tertiary/aromatic N) is 8. The third-order valence-corrected chi connectivity index (χ3v) is 11.8. The van der Waals surface area contributed by atoms with Crippen molar-refractivity contribution < 1.29 is 0 Å². The lowest BCUT2D eigenvalue weighted by atomic mass is 9.95. The zero-order valence-corrected chi connectivity index (χ0v) is 35.4. The summed E-state index contributed by atoms with van der Waals surface area (Å²) >= 11 is 0. The maximum atomic E-state index is 4.86. The van der Waals surface area contributed by atoms with E-state index in [0.29, 0.717) is 34.9 Å². The van der Waals surface area contributed by atoms with Crippen molar-refractivity contribution in [1.82, 2.24) is 39.0 Å². The Labute approximate surface area is 359 Å². The van der Waals surface area contributed by atoms with E-state index in [9.17, 15) is 0 Å². The Hall–Kier alpha value is -7.84. The zero-order chi connectivity index (χ0) is 42.2. The van der Waals surface area contributed by atoms with Crippen molar-refractivity contribution in [3.05, 3.63) is 180 Å². The fraction of sp³-hybridized carbons (Fsp3) is 0.111. The van der Waals surface area contributed by atoms with Gasteiger partial charge in [-0.2, -0.15) is 0 Å². The van der Waals surface area contributed by atoms with Crippen LogP contribution >= 0.6 is 0 Å². The molecule has 0 atom stereocenters. The molecule has 0 bridgehead atoms. The first-order chi connectivity index (χ1) is 30.1. The number of hydrogen-bond acceptors (Lipinski definition) is 6. The topological polar surface area (TPSA) is 87.2 Å². The molecule has 0 aliphatic rings. The first kappa shape index (κ1) is 37.2. The number of rotatable bonds is 6. The van der Waals surface area contributed by atoms with Crippen molar-refractivity contribution in [2.24, 2.45) is 0 Å². The van der Waals surface area contributed by atoms with Gasteiger partial charge >= 0.3 is 0 Å². The van der Waals surface area contributed by atoms with Gasteiger partial charge in [-0.3, -0.25) is 0 Å². The van der Waals surface area contributed by atoms with Crippen LogP contribution in [0.1, 0.15) is 34.4 Å². The summed E-state index contributed by atoms with van der Waals surface area (Å²) in [4.78, 5) is 28.3. The second-order valence-corrected chi connectivity index (χ2v) is 16.3. The minimum atomic E-state index is 0.644. The van der Waals surface area contributed by atoms with Gasteiger partial charge in [0.25, 0.3) is 0 Å². The monoisotopic (exact) mass is 802 g/mol. The summed E-state index contributed by atoms with van der Waals surface area (Å²) in [5.41, 5.74) is 15.2. The van der Waals surface area contributed by atoms with E-state index in [4.69, 9.17) is 19.9 Å². The molecule has 4 aromatic heterocycles. The molecule has 0 saturated heterocycles. The fourth-order valence-electron chi connectivity index (χ4n) is 9.20. The third kappa shape index (κ3) is 6.30. The Morgan fingerprint density at radius 2 is 0.823 bits per heavy atom. The first-order valence-electron chi connectivity index (χ1n) is 20.9. The highest BCUT2D eigenvalue weighted by atomic mass is 15.0. The van der Waals surface area contributed by atoms with Crippen molar-refractivity contribution >= 4 is 43.6 Å². The Kier molecular flexibility index (Phi) is 8.65. The summed E-state index contributed by atoms with van der Waals surface area (Å²) < 4.78 is 4.76. The van der Waals surface area contributed by atoms with Crippen molar-refractivity contribution in [1.29, 1.82) is 0 Å². The predicted molar refractivity (Wildman–Crippen MR) is 252 cm³/mol. The van der Waals surface area contributed by atoms with Crippen LogP contribution in [0, 0.1) is 41.5 Å². The van der Waals surface area contributed by atoms with Gasteiger partial charge in [0.05, 0.1) is 27.8 Å². The number of para-hydroxylation sites is 2. The van der Waals surface area contributed by atoms with Crippen LogP contribution in [0.15, 0.2) is 146 Å². The number of hydrogen-bond donors (Lipinski definition) is 0. The Morgan fingerprint density at radius 3 is 1.45 bits per heavy atom. The normalized spacial score (nSPS) is 11.7. The van der Waals surface area contributed by atoms with Gasteiger partial charge in [-0.1, -0.05) is 77.9 Å². The highest BCUT2D eigenvalue weighted by Gasteiger charge is 2.20. The van der Waals surface area contributed by atoms with E-state index in [2.05, 4.69) is 179 Å². The van der Waals surface area contributed by atoms with Crippen LogP contribution in [-0.2, 0) is 0 Å². The van der Waals surface area contributed by atoms with E-state index >= 15 is 0 Å². The molecule has 7 aromatic carbocycles. The van der Waals surface area contributed by atoms with E-state index in [1.165, 1.54) is 32.7 Å². The molecular weight excluding hydrogens is 761 g/mol.